The molecule has 0 saturated carbocycles. The number of benzene rings is 1. The zero-order valence-corrected chi connectivity index (χ0v) is 12.8. The molecule has 1 aliphatic heterocycles. The number of nitrogen functional groups attached to an aromatic ring is 1. The Morgan fingerprint density at radius 1 is 1.30 bits per heavy atom. The van der Waals surface area contributed by atoms with Crippen LogP contribution in [0.4, 0.5) is 5.82 Å². The van der Waals surface area contributed by atoms with Crippen LogP contribution >= 0.6 is 0 Å². The second kappa shape index (κ2) is 4.81. The van der Waals surface area contributed by atoms with Gasteiger partial charge >= 0.3 is 0 Å². The first-order valence-corrected chi connectivity index (χ1v) is 7.51. The van der Waals surface area contributed by atoms with Gasteiger partial charge in [-0.2, -0.15) is 5.10 Å². The quantitative estimate of drug-likeness (QED) is 0.757. The number of aromatic amines is 1. The molecule has 1 amide bonds. The summed E-state index contributed by atoms with van der Waals surface area (Å²) in [4.78, 5) is 18.3. The number of nitrogens with two attached hydrogens (primary N) is 1. The minimum absolute atomic E-state index is 0.0135. The van der Waals surface area contributed by atoms with Crippen molar-refractivity contribution >= 4 is 22.6 Å². The van der Waals surface area contributed by atoms with Crippen molar-refractivity contribution < 1.29 is 4.79 Å². The van der Waals surface area contributed by atoms with E-state index >= 15 is 0 Å². The number of anilines is 1. The van der Waals surface area contributed by atoms with Crippen molar-refractivity contribution in [3.05, 3.63) is 53.9 Å². The van der Waals surface area contributed by atoms with E-state index in [1.165, 1.54) is 0 Å². The Labute approximate surface area is 133 Å². The highest BCUT2D eigenvalue weighted by molar-refractivity contribution is 5.95. The molecule has 6 heteroatoms. The first kappa shape index (κ1) is 13.8. The van der Waals surface area contributed by atoms with Crippen LogP contribution in [0.1, 0.15) is 23.0 Å². The Hall–Kier alpha value is -2.89. The van der Waals surface area contributed by atoms with Gasteiger partial charge in [0.1, 0.15) is 5.82 Å². The van der Waals surface area contributed by atoms with E-state index in [9.17, 15) is 4.79 Å². The Morgan fingerprint density at radius 3 is 2.87 bits per heavy atom. The largest absolute Gasteiger partial charge is 0.384 e. The van der Waals surface area contributed by atoms with Gasteiger partial charge in [0.2, 0.25) is 0 Å². The van der Waals surface area contributed by atoms with E-state index in [0.29, 0.717) is 24.5 Å². The number of fused-ring (bicyclic) bond motifs is 1. The number of nitrogens with zero attached hydrogens (tertiary/aromatic N) is 3. The van der Waals surface area contributed by atoms with Crippen LogP contribution in [0.2, 0.25) is 0 Å². The molecule has 1 aliphatic rings. The van der Waals surface area contributed by atoms with E-state index in [2.05, 4.69) is 28.2 Å². The summed E-state index contributed by atoms with van der Waals surface area (Å²) in [7, 11) is 0. The SMILES string of the molecule is CC1(c2[nH]nc3ccccc23)CN(C(=O)c2ccnc(N)c2)C1. The maximum Gasteiger partial charge on any atom is 0.254 e. The van der Waals surface area contributed by atoms with Crippen molar-refractivity contribution in [3.63, 3.8) is 0 Å². The Kier molecular flexibility index (Phi) is 2.87. The third-order valence-corrected chi connectivity index (χ3v) is 4.46. The van der Waals surface area contributed by atoms with Crippen molar-refractivity contribution in [2.45, 2.75) is 12.3 Å². The molecule has 6 nitrogen and oxygen atoms in total. The average molecular weight is 307 g/mol. The number of hydrogen-bond donors (Lipinski definition) is 2. The third-order valence-electron chi connectivity index (χ3n) is 4.46. The fraction of sp³-hybridized carbons (Fsp3) is 0.235. The van der Waals surface area contributed by atoms with Gasteiger partial charge < -0.3 is 10.6 Å². The van der Waals surface area contributed by atoms with Gasteiger partial charge in [-0.3, -0.25) is 9.89 Å². The van der Waals surface area contributed by atoms with Crippen molar-refractivity contribution in [1.29, 1.82) is 0 Å². The van der Waals surface area contributed by atoms with Gasteiger partial charge in [0.05, 0.1) is 11.2 Å². The van der Waals surface area contributed by atoms with Crippen LogP contribution in [-0.4, -0.2) is 39.1 Å². The summed E-state index contributed by atoms with van der Waals surface area (Å²) < 4.78 is 0. The molecule has 0 radical (unpaired) electrons. The number of hydrogen-bond acceptors (Lipinski definition) is 4. The predicted octanol–water partition coefficient (Wildman–Crippen LogP) is 1.95. The molecule has 1 saturated heterocycles. The molecule has 3 N–H and O–H groups in total. The molecule has 3 aromatic rings. The van der Waals surface area contributed by atoms with Crippen LogP contribution in [0.3, 0.4) is 0 Å². The summed E-state index contributed by atoms with van der Waals surface area (Å²) in [6.07, 6.45) is 1.56. The molecule has 116 valence electrons. The highest BCUT2D eigenvalue weighted by Crippen LogP contribution is 2.37. The zero-order chi connectivity index (χ0) is 16.0. The standard InChI is InChI=1S/C17H17N5O/c1-17(15-12-4-2-3-5-13(12)20-21-15)9-22(10-17)16(23)11-6-7-19-14(18)8-11/h2-8H,9-10H2,1H3,(H2,18,19)(H,20,21). The van der Waals surface area contributed by atoms with Crippen LogP contribution in [0.5, 0.6) is 0 Å². The van der Waals surface area contributed by atoms with Crippen LogP contribution < -0.4 is 5.73 Å². The van der Waals surface area contributed by atoms with E-state index in [-0.39, 0.29) is 11.3 Å². The van der Waals surface area contributed by atoms with Gasteiger partial charge in [-0.1, -0.05) is 25.1 Å². The Bertz CT molecular complexity index is 895. The fourth-order valence-corrected chi connectivity index (χ4v) is 3.28. The lowest BCUT2D eigenvalue weighted by atomic mass is 9.77. The zero-order valence-electron chi connectivity index (χ0n) is 12.8. The average Bonchev–Trinajstić information content (AvgIpc) is 2.96. The molecule has 1 aromatic carbocycles. The predicted molar refractivity (Wildman–Crippen MR) is 88.0 cm³/mol. The van der Waals surface area contributed by atoms with E-state index in [1.807, 2.05) is 23.1 Å². The van der Waals surface area contributed by atoms with Crippen molar-refractivity contribution in [3.8, 4) is 0 Å². The van der Waals surface area contributed by atoms with Gasteiger partial charge in [-0.15, -0.1) is 0 Å². The van der Waals surface area contributed by atoms with Gasteiger partial charge in [0.15, 0.2) is 0 Å². The third kappa shape index (κ3) is 2.14. The summed E-state index contributed by atoms with van der Waals surface area (Å²) in [5.41, 5.74) is 8.17. The highest BCUT2D eigenvalue weighted by atomic mass is 16.2. The smallest absolute Gasteiger partial charge is 0.254 e. The lowest BCUT2D eigenvalue weighted by Crippen LogP contribution is -2.59. The summed E-state index contributed by atoms with van der Waals surface area (Å²) in [6, 6.07) is 11.3. The number of pyridine rings is 1. The monoisotopic (exact) mass is 307 g/mol. The first-order valence-electron chi connectivity index (χ1n) is 7.51. The second-order valence-corrected chi connectivity index (χ2v) is 6.31. The number of H-pyrrole nitrogens is 1. The Morgan fingerprint density at radius 2 is 2.09 bits per heavy atom. The van der Waals surface area contributed by atoms with Crippen LogP contribution in [0.15, 0.2) is 42.6 Å². The number of likely N-dealkylation sites (tertiary alicyclic amines) is 1. The molecule has 4 rings (SSSR count). The summed E-state index contributed by atoms with van der Waals surface area (Å²) in [6.45, 7) is 3.46. The van der Waals surface area contributed by atoms with Crippen molar-refractivity contribution in [2.24, 2.45) is 0 Å². The van der Waals surface area contributed by atoms with Crippen LogP contribution in [0, 0.1) is 0 Å². The number of carbonyl (C=O) groups is 1. The minimum atomic E-state index is -0.107. The topological polar surface area (TPSA) is 87.9 Å². The summed E-state index contributed by atoms with van der Waals surface area (Å²) in [5.74, 6) is 0.346. The maximum absolute atomic E-state index is 12.5. The van der Waals surface area contributed by atoms with Crippen LogP contribution in [0.25, 0.3) is 10.9 Å². The highest BCUT2D eigenvalue weighted by Gasteiger charge is 2.44. The number of aromatic nitrogens is 3. The normalized spacial score (nSPS) is 16.3. The molecular weight excluding hydrogens is 290 g/mol. The van der Waals surface area contributed by atoms with Gasteiger partial charge in [0, 0.05) is 35.7 Å². The van der Waals surface area contributed by atoms with Gasteiger partial charge in [-0.25, -0.2) is 4.98 Å². The molecule has 0 aliphatic carbocycles. The fourth-order valence-electron chi connectivity index (χ4n) is 3.28. The lowest BCUT2D eigenvalue weighted by molar-refractivity contribution is 0.0426. The maximum atomic E-state index is 12.5. The van der Waals surface area contributed by atoms with Gasteiger partial charge in [-0.05, 0) is 18.2 Å². The molecule has 0 spiro atoms. The molecule has 2 aromatic heterocycles. The molecule has 3 heterocycles. The molecule has 0 unspecified atom stereocenters. The number of rotatable bonds is 2. The number of amides is 1. The molecule has 0 bridgehead atoms. The number of carbonyl (C=O) groups excluding carboxylic acids is 1. The molecular formula is C17H17N5O. The molecule has 0 atom stereocenters. The second-order valence-electron chi connectivity index (χ2n) is 6.31. The first-order chi connectivity index (χ1) is 11.1. The molecule has 23 heavy (non-hydrogen) atoms. The Balaban J connectivity index is 1.57. The van der Waals surface area contributed by atoms with E-state index < -0.39 is 0 Å². The van der Waals surface area contributed by atoms with E-state index in [1.54, 1.807) is 18.3 Å². The summed E-state index contributed by atoms with van der Waals surface area (Å²) >= 11 is 0. The number of nitrogens with one attached hydrogen (secondary N) is 1. The number of para-hydroxylation sites is 1. The lowest BCUT2D eigenvalue weighted by Gasteiger charge is -2.47. The van der Waals surface area contributed by atoms with Crippen molar-refractivity contribution in [1.82, 2.24) is 20.1 Å². The van der Waals surface area contributed by atoms with Crippen molar-refractivity contribution in [2.75, 3.05) is 18.8 Å². The summed E-state index contributed by atoms with van der Waals surface area (Å²) in [5, 5.41) is 8.62. The van der Waals surface area contributed by atoms with E-state index in [0.717, 1.165) is 16.6 Å². The molecule has 1 fully saturated rings. The van der Waals surface area contributed by atoms with E-state index in [4.69, 9.17) is 5.73 Å². The van der Waals surface area contributed by atoms with Gasteiger partial charge in [0.25, 0.3) is 5.91 Å². The van der Waals surface area contributed by atoms with Crippen LogP contribution in [-0.2, 0) is 5.41 Å². The minimum Gasteiger partial charge on any atom is -0.384 e.